The summed E-state index contributed by atoms with van der Waals surface area (Å²) in [5, 5.41) is 3.53. The van der Waals surface area contributed by atoms with E-state index in [-0.39, 0.29) is 18.7 Å². The number of carbonyl (C=O) groups is 2. The summed E-state index contributed by atoms with van der Waals surface area (Å²) in [4.78, 5) is 26.3. The Morgan fingerprint density at radius 2 is 1.28 bits per heavy atom. The molecule has 0 spiro atoms. The van der Waals surface area contributed by atoms with Crippen LogP contribution in [0.2, 0.25) is 0 Å². The fourth-order valence-electron chi connectivity index (χ4n) is 7.26. The number of fused-ring (bicyclic) bond motifs is 3. The average molecular weight is 785 g/mol. The molecular weight excluding hydrogens is 747 g/mol. The maximum absolute atomic E-state index is 14.2. The van der Waals surface area contributed by atoms with Crippen molar-refractivity contribution in [1.82, 2.24) is 4.57 Å². The van der Waals surface area contributed by atoms with Crippen LogP contribution in [0.4, 0.5) is 27.6 Å². The van der Waals surface area contributed by atoms with Gasteiger partial charge in [0.05, 0.1) is 19.7 Å². The zero-order valence-electron chi connectivity index (χ0n) is 30.9. The number of benzene rings is 5. The van der Waals surface area contributed by atoms with Gasteiger partial charge >= 0.3 is 5.97 Å². The number of halogens is 5. The number of methoxy groups -OCH3 is 2. The van der Waals surface area contributed by atoms with E-state index < -0.39 is 52.4 Å². The zero-order chi connectivity index (χ0) is 40.3. The summed E-state index contributed by atoms with van der Waals surface area (Å²) in [6.07, 6.45) is 3.82. The van der Waals surface area contributed by atoms with E-state index in [4.69, 9.17) is 14.2 Å². The van der Waals surface area contributed by atoms with Crippen LogP contribution in [-0.2, 0) is 21.6 Å². The normalized spacial score (nSPS) is 13.6. The summed E-state index contributed by atoms with van der Waals surface area (Å²) in [6.45, 7) is 0.390. The van der Waals surface area contributed by atoms with Gasteiger partial charge in [-0.05, 0) is 77.6 Å². The van der Waals surface area contributed by atoms with Gasteiger partial charge in [0, 0.05) is 36.7 Å². The van der Waals surface area contributed by atoms with Crippen molar-refractivity contribution >= 4 is 28.5 Å². The number of ether oxygens (including phenoxy) is 4. The van der Waals surface area contributed by atoms with Gasteiger partial charge < -0.3 is 24.3 Å². The van der Waals surface area contributed by atoms with Crippen molar-refractivity contribution in [1.29, 1.82) is 0 Å². The van der Waals surface area contributed by atoms with Crippen molar-refractivity contribution in [2.24, 2.45) is 0 Å². The van der Waals surface area contributed by atoms with Crippen LogP contribution in [0, 0.1) is 29.1 Å². The smallest absolute Gasteiger partial charge is 0.334 e. The third-order valence-electron chi connectivity index (χ3n) is 10.2. The number of rotatable bonds is 14. The van der Waals surface area contributed by atoms with Crippen LogP contribution in [0.15, 0.2) is 103 Å². The highest BCUT2D eigenvalue weighted by Gasteiger charge is 2.38. The first kappa shape index (κ1) is 39.0. The standard InChI is InChI=1S/C44H37F5N2O6/c1-54-29-16-12-27(13-17-29)44(26-9-5-3-6-10-26,28-14-18-30(55-2)19-15-28)56-24-8-4-7-11-36(52)51-23-22-31-32-25-34(50-33(32)20-21-35(31)51)43(53)57-42-40(48)38(46)37(45)39(47)41(42)49/h3,5-6,9-10,12-23,34,50H,4,7-8,11,24-25H2,1-2H3. The molecule has 1 aromatic heterocycles. The molecule has 0 amide bonds. The molecule has 0 radical (unpaired) electrons. The van der Waals surface area contributed by atoms with Crippen LogP contribution in [0.5, 0.6) is 17.2 Å². The predicted molar refractivity (Wildman–Crippen MR) is 202 cm³/mol. The average Bonchev–Trinajstić information content (AvgIpc) is 3.89. The number of nitrogens with one attached hydrogen (secondary N) is 1. The van der Waals surface area contributed by atoms with E-state index in [9.17, 15) is 31.5 Å². The number of esters is 1. The fraction of sp³-hybridized carbons (Fsp3) is 0.227. The molecule has 1 aliphatic rings. The van der Waals surface area contributed by atoms with Gasteiger partial charge in [0.1, 0.15) is 23.1 Å². The Morgan fingerprint density at radius 1 is 0.702 bits per heavy atom. The van der Waals surface area contributed by atoms with Crippen molar-refractivity contribution in [3.63, 3.8) is 0 Å². The summed E-state index contributed by atoms with van der Waals surface area (Å²) >= 11 is 0. The lowest BCUT2D eigenvalue weighted by Gasteiger charge is -2.36. The summed E-state index contributed by atoms with van der Waals surface area (Å²) in [5.74, 6) is -12.9. The van der Waals surface area contributed by atoms with Gasteiger partial charge in [0.2, 0.25) is 40.7 Å². The monoisotopic (exact) mass is 784 g/mol. The van der Waals surface area contributed by atoms with E-state index in [0.717, 1.165) is 28.2 Å². The number of unbranched alkanes of at least 4 members (excludes halogenated alkanes) is 2. The third kappa shape index (κ3) is 7.42. The molecule has 0 aliphatic carbocycles. The molecule has 0 saturated heterocycles. The maximum atomic E-state index is 14.2. The van der Waals surface area contributed by atoms with Crippen molar-refractivity contribution in [2.75, 3.05) is 26.1 Å². The Morgan fingerprint density at radius 3 is 1.88 bits per heavy atom. The quantitative estimate of drug-likeness (QED) is 0.0224. The number of hydrogen-bond donors (Lipinski definition) is 1. The van der Waals surface area contributed by atoms with Gasteiger partial charge in [-0.2, -0.15) is 8.78 Å². The van der Waals surface area contributed by atoms with E-state index in [1.54, 1.807) is 38.6 Å². The van der Waals surface area contributed by atoms with Gasteiger partial charge in [-0.15, -0.1) is 0 Å². The Labute approximate surface area is 324 Å². The molecule has 0 fully saturated rings. The molecule has 5 aromatic carbocycles. The molecule has 0 saturated carbocycles. The van der Waals surface area contributed by atoms with Gasteiger partial charge in [0.25, 0.3) is 0 Å². The minimum absolute atomic E-state index is 0.0172. The van der Waals surface area contributed by atoms with E-state index in [0.29, 0.717) is 48.0 Å². The van der Waals surface area contributed by atoms with Gasteiger partial charge in [-0.25, -0.2) is 18.0 Å². The number of nitrogens with zero attached hydrogens (tertiary/aromatic N) is 1. The van der Waals surface area contributed by atoms with Crippen LogP contribution in [0.3, 0.4) is 0 Å². The molecule has 2 heterocycles. The molecule has 8 nitrogen and oxygen atoms in total. The Balaban J connectivity index is 1.00. The molecule has 57 heavy (non-hydrogen) atoms. The number of carbonyl (C=O) groups excluding carboxylic acids is 2. The minimum atomic E-state index is -2.36. The molecule has 1 atom stereocenters. The molecule has 13 heteroatoms. The second-order valence-corrected chi connectivity index (χ2v) is 13.5. The second-order valence-electron chi connectivity index (χ2n) is 13.5. The fourth-order valence-corrected chi connectivity index (χ4v) is 7.26. The molecule has 294 valence electrons. The number of aromatic nitrogens is 1. The highest BCUT2D eigenvalue weighted by Crippen LogP contribution is 2.42. The van der Waals surface area contributed by atoms with E-state index in [1.165, 1.54) is 4.57 Å². The molecular formula is C44H37F5N2O6. The molecule has 1 N–H and O–H groups in total. The molecule has 7 rings (SSSR count). The molecule has 1 unspecified atom stereocenters. The van der Waals surface area contributed by atoms with Gasteiger partial charge in [-0.3, -0.25) is 9.36 Å². The molecule has 0 bridgehead atoms. The van der Waals surface area contributed by atoms with Crippen LogP contribution in [0.1, 0.15) is 52.7 Å². The summed E-state index contributed by atoms with van der Waals surface area (Å²) in [7, 11) is 3.24. The highest BCUT2D eigenvalue weighted by molar-refractivity contribution is 5.98. The van der Waals surface area contributed by atoms with Crippen molar-refractivity contribution in [3.05, 3.63) is 155 Å². The first-order chi connectivity index (χ1) is 27.6. The predicted octanol–water partition coefficient (Wildman–Crippen LogP) is 9.51. The topological polar surface area (TPSA) is 88.0 Å². The van der Waals surface area contributed by atoms with E-state index >= 15 is 0 Å². The van der Waals surface area contributed by atoms with Crippen LogP contribution in [-0.4, -0.2) is 43.3 Å². The van der Waals surface area contributed by atoms with Gasteiger partial charge in [0.15, 0.2) is 0 Å². The lowest BCUT2D eigenvalue weighted by molar-refractivity contribution is -0.135. The summed E-state index contributed by atoms with van der Waals surface area (Å²) < 4.78 is 93.1. The van der Waals surface area contributed by atoms with Crippen molar-refractivity contribution in [3.8, 4) is 17.2 Å². The largest absolute Gasteiger partial charge is 0.497 e. The van der Waals surface area contributed by atoms with E-state index in [2.05, 4.69) is 10.1 Å². The third-order valence-corrected chi connectivity index (χ3v) is 10.2. The number of hydrogen-bond acceptors (Lipinski definition) is 7. The van der Waals surface area contributed by atoms with E-state index in [1.807, 2.05) is 78.9 Å². The summed E-state index contributed by atoms with van der Waals surface area (Å²) in [6, 6.07) is 29.5. The molecule has 6 aromatic rings. The zero-order valence-corrected chi connectivity index (χ0v) is 30.9. The Hall–Kier alpha value is -6.21. The first-order valence-corrected chi connectivity index (χ1v) is 18.2. The second kappa shape index (κ2) is 16.5. The molecule has 1 aliphatic heterocycles. The minimum Gasteiger partial charge on any atom is -0.497 e. The lowest BCUT2D eigenvalue weighted by Crippen LogP contribution is -2.33. The van der Waals surface area contributed by atoms with Crippen molar-refractivity contribution < 1.29 is 50.5 Å². The SMILES string of the molecule is COc1ccc(C(OCCCCCC(=O)n2ccc3c4c(ccc32)NC(C(=O)Oc2c(F)c(F)c(F)c(F)c2F)C4)(c2ccccc2)c2ccc(OC)cc2)cc1. The first-order valence-electron chi connectivity index (χ1n) is 18.2. The lowest BCUT2D eigenvalue weighted by atomic mass is 9.80. The Kier molecular flexibility index (Phi) is 11.3. The van der Waals surface area contributed by atoms with Crippen LogP contribution < -0.4 is 19.5 Å². The van der Waals surface area contributed by atoms with Crippen molar-refractivity contribution in [2.45, 2.75) is 43.7 Å². The summed E-state index contributed by atoms with van der Waals surface area (Å²) in [5.41, 5.74) is 3.55. The van der Waals surface area contributed by atoms with Gasteiger partial charge in [-0.1, -0.05) is 61.0 Å². The number of anilines is 1. The maximum Gasteiger partial charge on any atom is 0.334 e. The van der Waals surface area contributed by atoms with Crippen LogP contribution >= 0.6 is 0 Å². The Bertz CT molecular complexity index is 2340. The van der Waals surface area contributed by atoms with Crippen LogP contribution in [0.25, 0.3) is 10.9 Å². The highest BCUT2D eigenvalue weighted by atomic mass is 19.2.